The van der Waals surface area contributed by atoms with E-state index in [-0.39, 0.29) is 23.2 Å². The van der Waals surface area contributed by atoms with Gasteiger partial charge in [-0.2, -0.15) is 11.8 Å². The fourth-order valence-electron chi connectivity index (χ4n) is 8.14. The summed E-state index contributed by atoms with van der Waals surface area (Å²) >= 11 is 1.53. The van der Waals surface area contributed by atoms with Crippen LogP contribution in [-0.4, -0.2) is 63.8 Å². The standard InChI is InChI=1S/C28H42N2O6S/c1-17(31)28(35)13-9-22-20-6-5-18-15-19(7-11-26(18,2)21(20)8-12-27(22,28)3)30-36-16-24(32)29-23(25(33)34)10-14-37-4/h15,20-23,35H,5-14,16H2,1-4H3,(H,29,32)(H,33,34)/b30-19-/t20-,21+,22+,23-,26+,27+,28+/m1/s1. The molecule has 8 nitrogen and oxygen atoms in total. The number of hydrogen-bond acceptors (Lipinski definition) is 7. The van der Waals surface area contributed by atoms with Gasteiger partial charge in [-0.1, -0.05) is 24.6 Å². The van der Waals surface area contributed by atoms with Crippen molar-refractivity contribution >= 4 is 35.1 Å². The van der Waals surface area contributed by atoms with E-state index in [1.807, 2.05) is 6.26 Å². The second-order valence-electron chi connectivity index (χ2n) is 12.0. The number of carboxylic acids is 1. The van der Waals surface area contributed by atoms with Gasteiger partial charge in [-0.15, -0.1) is 0 Å². The topological polar surface area (TPSA) is 125 Å². The molecule has 1 amide bonds. The van der Waals surface area contributed by atoms with Crippen LogP contribution in [0.25, 0.3) is 0 Å². The van der Waals surface area contributed by atoms with Crippen molar-refractivity contribution in [2.75, 3.05) is 18.6 Å². The van der Waals surface area contributed by atoms with Gasteiger partial charge in [-0.3, -0.25) is 9.59 Å². The Bertz CT molecular complexity index is 997. The fraction of sp³-hybridized carbons (Fsp3) is 0.786. The molecular formula is C28H42N2O6S. The lowest BCUT2D eigenvalue weighted by Gasteiger charge is -2.59. The maximum absolute atomic E-state index is 12.4. The predicted octanol–water partition coefficient (Wildman–Crippen LogP) is 3.96. The van der Waals surface area contributed by atoms with Crippen molar-refractivity contribution in [1.82, 2.24) is 5.32 Å². The van der Waals surface area contributed by atoms with Crippen LogP contribution in [0.1, 0.15) is 78.6 Å². The minimum Gasteiger partial charge on any atom is -0.480 e. The number of carbonyl (C=O) groups excluding carboxylic acids is 2. The number of nitrogens with zero attached hydrogens (tertiary/aromatic N) is 1. The number of nitrogens with one attached hydrogen (secondary N) is 1. The summed E-state index contributed by atoms with van der Waals surface area (Å²) in [5, 5.41) is 27.3. The van der Waals surface area contributed by atoms with Crippen LogP contribution in [0.4, 0.5) is 0 Å². The maximum atomic E-state index is 12.4. The van der Waals surface area contributed by atoms with Gasteiger partial charge in [0.05, 0.1) is 5.71 Å². The number of oxime groups is 1. The number of aliphatic hydroxyl groups is 1. The number of allylic oxidation sites excluding steroid dienone is 2. The fourth-order valence-corrected chi connectivity index (χ4v) is 8.61. The van der Waals surface area contributed by atoms with E-state index in [0.717, 1.165) is 50.7 Å². The zero-order chi connectivity index (χ0) is 27.0. The van der Waals surface area contributed by atoms with Gasteiger partial charge in [0.15, 0.2) is 12.4 Å². The third-order valence-corrected chi connectivity index (χ3v) is 11.0. The minimum absolute atomic E-state index is 0.0730. The van der Waals surface area contributed by atoms with E-state index in [1.165, 1.54) is 17.3 Å². The lowest BCUT2D eigenvalue weighted by Crippen LogP contribution is -2.57. The van der Waals surface area contributed by atoms with Crippen LogP contribution in [0.5, 0.6) is 0 Å². The normalized spacial score (nSPS) is 38.6. The number of rotatable bonds is 9. The van der Waals surface area contributed by atoms with E-state index >= 15 is 0 Å². The molecule has 7 atom stereocenters. The van der Waals surface area contributed by atoms with Crippen molar-refractivity contribution in [3.8, 4) is 0 Å². The summed E-state index contributed by atoms with van der Waals surface area (Å²) in [6.07, 6.45) is 11.6. The van der Waals surface area contributed by atoms with E-state index in [4.69, 9.17) is 4.84 Å². The zero-order valence-electron chi connectivity index (χ0n) is 22.5. The van der Waals surface area contributed by atoms with Gasteiger partial charge in [-0.05, 0) is 106 Å². The molecule has 0 spiro atoms. The van der Waals surface area contributed by atoms with E-state index in [0.29, 0.717) is 36.3 Å². The number of thioether (sulfide) groups is 1. The first-order chi connectivity index (χ1) is 17.5. The summed E-state index contributed by atoms with van der Waals surface area (Å²) in [5.74, 6) is 0.450. The summed E-state index contributed by atoms with van der Waals surface area (Å²) in [6, 6.07) is -0.924. The molecule has 0 bridgehead atoms. The average molecular weight is 535 g/mol. The molecule has 0 heterocycles. The molecule has 3 saturated carbocycles. The highest BCUT2D eigenvalue weighted by Gasteiger charge is 2.65. The van der Waals surface area contributed by atoms with Crippen molar-refractivity contribution < 1.29 is 29.4 Å². The maximum Gasteiger partial charge on any atom is 0.326 e. The first-order valence-electron chi connectivity index (χ1n) is 13.6. The summed E-state index contributed by atoms with van der Waals surface area (Å²) in [4.78, 5) is 41.3. The van der Waals surface area contributed by atoms with E-state index in [9.17, 15) is 24.6 Å². The summed E-state index contributed by atoms with van der Waals surface area (Å²) in [6.45, 7) is 5.76. The van der Waals surface area contributed by atoms with Crippen molar-refractivity contribution in [3.05, 3.63) is 11.6 Å². The van der Waals surface area contributed by atoms with Crippen molar-refractivity contribution in [1.29, 1.82) is 0 Å². The molecule has 0 aliphatic heterocycles. The number of ketones is 1. The van der Waals surface area contributed by atoms with Gasteiger partial charge >= 0.3 is 5.97 Å². The Labute approximate surface area is 224 Å². The number of Topliss-reactive ketones (excluding diaryl/α,β-unsaturated/α-hetero) is 1. The molecule has 4 aliphatic carbocycles. The number of carbonyl (C=O) groups is 3. The summed E-state index contributed by atoms with van der Waals surface area (Å²) < 4.78 is 0. The summed E-state index contributed by atoms with van der Waals surface area (Å²) in [7, 11) is 0. The monoisotopic (exact) mass is 534 g/mol. The van der Waals surface area contributed by atoms with Gasteiger partial charge < -0.3 is 20.4 Å². The number of hydrogen-bond donors (Lipinski definition) is 3. The highest BCUT2D eigenvalue weighted by atomic mass is 32.2. The predicted molar refractivity (Wildman–Crippen MR) is 143 cm³/mol. The molecule has 0 aromatic rings. The molecule has 0 aromatic carbocycles. The highest BCUT2D eigenvalue weighted by molar-refractivity contribution is 7.98. The smallest absolute Gasteiger partial charge is 0.326 e. The third-order valence-electron chi connectivity index (χ3n) is 10.3. The Balaban J connectivity index is 1.39. The molecule has 0 saturated heterocycles. The van der Waals surface area contributed by atoms with Crippen LogP contribution in [0.2, 0.25) is 0 Å². The number of aliphatic carboxylic acids is 1. The highest BCUT2D eigenvalue weighted by Crippen LogP contribution is 2.67. The number of fused-ring (bicyclic) bond motifs is 5. The van der Waals surface area contributed by atoms with Gasteiger partial charge in [0.25, 0.3) is 5.91 Å². The first kappa shape index (κ1) is 28.1. The van der Waals surface area contributed by atoms with Crippen molar-refractivity contribution in [3.63, 3.8) is 0 Å². The second-order valence-corrected chi connectivity index (χ2v) is 13.0. The Morgan fingerprint density at radius 1 is 1.16 bits per heavy atom. The molecule has 4 aliphatic rings. The molecule has 37 heavy (non-hydrogen) atoms. The zero-order valence-corrected chi connectivity index (χ0v) is 23.4. The Morgan fingerprint density at radius 3 is 2.57 bits per heavy atom. The SMILES string of the molecule is CSCC[C@@H](NC(=O)CO/N=C1\C=C2CC[C@@H]3[C@H](CC[C@@]4(C)[C@H]3CC[C@]4(O)C(C)=O)[C@@]2(C)CC1)C(=O)O. The van der Waals surface area contributed by atoms with E-state index in [2.05, 4.69) is 30.4 Å². The van der Waals surface area contributed by atoms with Crippen LogP contribution >= 0.6 is 11.8 Å². The van der Waals surface area contributed by atoms with E-state index < -0.39 is 23.5 Å². The van der Waals surface area contributed by atoms with Crippen LogP contribution in [0.15, 0.2) is 16.8 Å². The van der Waals surface area contributed by atoms with Gasteiger partial charge in [0.2, 0.25) is 0 Å². The van der Waals surface area contributed by atoms with Crippen molar-refractivity contribution in [2.24, 2.45) is 33.7 Å². The molecule has 0 aromatic heterocycles. The van der Waals surface area contributed by atoms with Gasteiger partial charge in [0, 0.05) is 5.41 Å². The number of carboxylic acid groups (broad SMARTS) is 1. The molecule has 0 radical (unpaired) electrons. The van der Waals surface area contributed by atoms with Crippen molar-refractivity contribution in [2.45, 2.75) is 90.2 Å². The molecular weight excluding hydrogens is 492 g/mol. The number of amides is 1. The van der Waals surface area contributed by atoms with E-state index in [1.54, 1.807) is 6.92 Å². The lowest BCUT2D eigenvalue weighted by molar-refractivity contribution is -0.159. The first-order valence-corrected chi connectivity index (χ1v) is 15.0. The van der Waals surface area contributed by atoms with Crippen LogP contribution < -0.4 is 5.32 Å². The Morgan fingerprint density at radius 2 is 1.89 bits per heavy atom. The summed E-state index contributed by atoms with van der Waals surface area (Å²) in [5.41, 5.74) is 0.766. The Hall–Kier alpha value is -1.87. The molecule has 0 unspecified atom stereocenters. The minimum atomic E-state index is -1.19. The van der Waals surface area contributed by atoms with Crippen LogP contribution in [-0.2, 0) is 19.2 Å². The largest absolute Gasteiger partial charge is 0.480 e. The second kappa shape index (κ2) is 10.7. The molecule has 4 rings (SSSR count). The van der Waals surface area contributed by atoms with Crippen LogP contribution in [0, 0.1) is 28.6 Å². The molecule has 3 fully saturated rings. The molecule has 3 N–H and O–H groups in total. The molecule has 9 heteroatoms. The Kier molecular flexibility index (Phi) is 8.15. The van der Waals surface area contributed by atoms with Gasteiger partial charge in [-0.25, -0.2) is 4.79 Å². The third kappa shape index (κ3) is 4.98. The average Bonchev–Trinajstić information content (AvgIpc) is 3.13. The van der Waals surface area contributed by atoms with Gasteiger partial charge in [0.1, 0.15) is 11.6 Å². The molecule has 206 valence electrons. The lowest BCUT2D eigenvalue weighted by atomic mass is 9.46. The quantitative estimate of drug-likeness (QED) is 0.382. The van der Waals surface area contributed by atoms with Crippen LogP contribution in [0.3, 0.4) is 0 Å².